The maximum Gasteiger partial charge on any atom is 0.286 e. The standard InChI is InChI=1S/C15H19NO2/c1-16(15(18)11-17)9-8-12-6-7-13-4-2-3-5-14(13)10-12/h6-7,10-11H,2-5,8-9H2,1H3. The largest absolute Gasteiger partial charge is 0.339 e. The third kappa shape index (κ3) is 2.97. The third-order valence-electron chi connectivity index (χ3n) is 3.63. The van der Waals surface area contributed by atoms with E-state index in [1.54, 1.807) is 7.05 Å². The van der Waals surface area contributed by atoms with Crippen LogP contribution in [0.4, 0.5) is 0 Å². The van der Waals surface area contributed by atoms with E-state index in [-0.39, 0.29) is 0 Å². The van der Waals surface area contributed by atoms with Crippen molar-refractivity contribution in [2.45, 2.75) is 32.1 Å². The smallest absolute Gasteiger partial charge is 0.286 e. The fourth-order valence-corrected chi connectivity index (χ4v) is 2.44. The number of rotatable bonds is 4. The summed E-state index contributed by atoms with van der Waals surface area (Å²) in [4.78, 5) is 22.9. The zero-order valence-corrected chi connectivity index (χ0v) is 10.8. The summed E-state index contributed by atoms with van der Waals surface area (Å²) in [5.41, 5.74) is 4.19. The fourth-order valence-electron chi connectivity index (χ4n) is 2.44. The monoisotopic (exact) mass is 245 g/mol. The van der Waals surface area contributed by atoms with Crippen molar-refractivity contribution in [3.05, 3.63) is 34.9 Å². The van der Waals surface area contributed by atoms with Gasteiger partial charge in [-0.25, -0.2) is 0 Å². The van der Waals surface area contributed by atoms with Crippen molar-refractivity contribution in [2.24, 2.45) is 0 Å². The Bertz CT molecular complexity index is 454. The van der Waals surface area contributed by atoms with Crippen LogP contribution in [0.2, 0.25) is 0 Å². The number of hydrogen-bond donors (Lipinski definition) is 0. The lowest BCUT2D eigenvalue weighted by molar-refractivity contribution is -0.137. The molecule has 1 aliphatic carbocycles. The van der Waals surface area contributed by atoms with E-state index in [1.807, 2.05) is 0 Å². The SMILES string of the molecule is CN(CCc1ccc2c(c1)CCCC2)C(=O)C=O. The summed E-state index contributed by atoms with van der Waals surface area (Å²) in [7, 11) is 1.66. The Morgan fingerprint density at radius 1 is 1.28 bits per heavy atom. The van der Waals surface area contributed by atoms with Crippen LogP contribution in [-0.4, -0.2) is 30.7 Å². The summed E-state index contributed by atoms with van der Waals surface area (Å²) >= 11 is 0. The van der Waals surface area contributed by atoms with Crippen molar-refractivity contribution in [3.8, 4) is 0 Å². The van der Waals surface area contributed by atoms with Crippen LogP contribution < -0.4 is 0 Å². The lowest BCUT2D eigenvalue weighted by Crippen LogP contribution is -2.29. The van der Waals surface area contributed by atoms with Gasteiger partial charge in [-0.2, -0.15) is 0 Å². The van der Waals surface area contributed by atoms with Crippen LogP contribution in [-0.2, 0) is 28.9 Å². The second-order valence-electron chi connectivity index (χ2n) is 4.94. The van der Waals surface area contributed by atoms with Gasteiger partial charge in [0.15, 0.2) is 0 Å². The van der Waals surface area contributed by atoms with Gasteiger partial charge in [0.05, 0.1) is 0 Å². The Hall–Kier alpha value is -1.64. The van der Waals surface area contributed by atoms with E-state index in [0.29, 0.717) is 12.8 Å². The first-order chi connectivity index (χ1) is 8.70. The van der Waals surface area contributed by atoms with E-state index < -0.39 is 5.91 Å². The lowest BCUT2D eigenvalue weighted by Gasteiger charge is -2.18. The van der Waals surface area contributed by atoms with Crippen molar-refractivity contribution in [1.82, 2.24) is 4.90 Å². The fraction of sp³-hybridized carbons (Fsp3) is 0.467. The third-order valence-corrected chi connectivity index (χ3v) is 3.63. The van der Waals surface area contributed by atoms with Crippen molar-refractivity contribution in [3.63, 3.8) is 0 Å². The van der Waals surface area contributed by atoms with Crippen LogP contribution in [0.3, 0.4) is 0 Å². The number of carbonyl (C=O) groups excluding carboxylic acids is 2. The molecule has 0 heterocycles. The number of nitrogens with zero attached hydrogens (tertiary/aromatic N) is 1. The molecule has 0 N–H and O–H groups in total. The van der Waals surface area contributed by atoms with E-state index in [2.05, 4.69) is 18.2 Å². The molecule has 1 aromatic rings. The number of likely N-dealkylation sites (N-methyl/N-ethyl adjacent to an activating group) is 1. The molecule has 1 aromatic carbocycles. The van der Waals surface area contributed by atoms with Crippen LogP contribution in [0.1, 0.15) is 29.5 Å². The van der Waals surface area contributed by atoms with Crippen molar-refractivity contribution < 1.29 is 9.59 Å². The van der Waals surface area contributed by atoms with Crippen LogP contribution in [0.5, 0.6) is 0 Å². The highest BCUT2D eigenvalue weighted by atomic mass is 16.2. The molecule has 96 valence electrons. The molecule has 0 saturated heterocycles. The molecule has 0 unspecified atom stereocenters. The van der Waals surface area contributed by atoms with Gasteiger partial charge in [-0.3, -0.25) is 9.59 Å². The molecule has 3 heteroatoms. The number of aldehydes is 1. The Morgan fingerprint density at radius 3 is 2.72 bits per heavy atom. The minimum atomic E-state index is -0.451. The van der Waals surface area contributed by atoms with Crippen LogP contribution in [0.15, 0.2) is 18.2 Å². The van der Waals surface area contributed by atoms with Crippen LogP contribution >= 0.6 is 0 Å². The average molecular weight is 245 g/mol. The van der Waals surface area contributed by atoms with E-state index in [0.717, 1.165) is 6.42 Å². The molecule has 0 spiro atoms. The number of benzene rings is 1. The summed E-state index contributed by atoms with van der Waals surface area (Å²) in [6.45, 7) is 0.594. The molecule has 0 bridgehead atoms. The number of aryl methyl sites for hydroxylation is 2. The predicted molar refractivity (Wildman–Crippen MR) is 70.5 cm³/mol. The highest BCUT2D eigenvalue weighted by Gasteiger charge is 2.10. The van der Waals surface area contributed by atoms with Crippen molar-refractivity contribution in [2.75, 3.05) is 13.6 Å². The second-order valence-corrected chi connectivity index (χ2v) is 4.94. The molecule has 1 amide bonds. The quantitative estimate of drug-likeness (QED) is 0.599. The van der Waals surface area contributed by atoms with Gasteiger partial charge in [0, 0.05) is 13.6 Å². The Morgan fingerprint density at radius 2 is 2.00 bits per heavy atom. The zero-order chi connectivity index (χ0) is 13.0. The topological polar surface area (TPSA) is 37.4 Å². The number of carbonyl (C=O) groups is 2. The second kappa shape index (κ2) is 5.80. The molecule has 0 fully saturated rings. The van der Waals surface area contributed by atoms with Gasteiger partial charge in [-0.1, -0.05) is 18.2 Å². The molecule has 0 saturated carbocycles. The molecule has 0 atom stereocenters. The van der Waals surface area contributed by atoms with Crippen molar-refractivity contribution >= 4 is 12.2 Å². The molecule has 0 radical (unpaired) electrons. The summed E-state index contributed by atoms with van der Waals surface area (Å²) in [5.74, 6) is -0.451. The summed E-state index contributed by atoms with van der Waals surface area (Å²) < 4.78 is 0. The minimum Gasteiger partial charge on any atom is -0.339 e. The average Bonchev–Trinajstić information content (AvgIpc) is 2.43. The lowest BCUT2D eigenvalue weighted by atomic mass is 9.90. The Labute approximate surface area is 108 Å². The number of amides is 1. The first-order valence-electron chi connectivity index (χ1n) is 6.51. The van der Waals surface area contributed by atoms with Gasteiger partial charge in [0.1, 0.15) is 0 Å². The van der Waals surface area contributed by atoms with Gasteiger partial charge in [0.25, 0.3) is 5.91 Å². The van der Waals surface area contributed by atoms with E-state index >= 15 is 0 Å². The highest BCUT2D eigenvalue weighted by molar-refractivity contribution is 6.23. The predicted octanol–water partition coefficient (Wildman–Crippen LogP) is 1.77. The molecular weight excluding hydrogens is 226 g/mol. The highest BCUT2D eigenvalue weighted by Crippen LogP contribution is 2.22. The van der Waals surface area contributed by atoms with Gasteiger partial charge >= 0.3 is 0 Å². The first-order valence-corrected chi connectivity index (χ1v) is 6.51. The zero-order valence-electron chi connectivity index (χ0n) is 10.8. The molecule has 0 aromatic heterocycles. The Balaban J connectivity index is 1.97. The summed E-state index contributed by atoms with van der Waals surface area (Å²) in [6.07, 6.45) is 6.12. The summed E-state index contributed by atoms with van der Waals surface area (Å²) in [5, 5.41) is 0. The van der Waals surface area contributed by atoms with Gasteiger partial charge in [-0.05, 0) is 48.8 Å². The molecule has 18 heavy (non-hydrogen) atoms. The van der Waals surface area contributed by atoms with E-state index in [4.69, 9.17) is 0 Å². The summed E-state index contributed by atoms with van der Waals surface area (Å²) in [6, 6.07) is 6.61. The van der Waals surface area contributed by atoms with Crippen LogP contribution in [0.25, 0.3) is 0 Å². The number of hydrogen-bond acceptors (Lipinski definition) is 2. The molecule has 3 nitrogen and oxygen atoms in total. The van der Waals surface area contributed by atoms with E-state index in [1.165, 1.54) is 47.3 Å². The maximum atomic E-state index is 11.1. The molecule has 2 rings (SSSR count). The molecule has 1 aliphatic rings. The van der Waals surface area contributed by atoms with Gasteiger partial charge in [0.2, 0.25) is 6.29 Å². The molecule has 0 aliphatic heterocycles. The van der Waals surface area contributed by atoms with Gasteiger partial charge in [-0.15, -0.1) is 0 Å². The van der Waals surface area contributed by atoms with E-state index in [9.17, 15) is 9.59 Å². The van der Waals surface area contributed by atoms with Crippen LogP contribution in [0, 0.1) is 0 Å². The first kappa shape index (κ1) is 12.8. The minimum absolute atomic E-state index is 0.368. The Kier molecular flexibility index (Phi) is 4.13. The normalized spacial score (nSPS) is 13.8. The van der Waals surface area contributed by atoms with Gasteiger partial charge < -0.3 is 4.90 Å². The number of fused-ring (bicyclic) bond motifs is 1. The van der Waals surface area contributed by atoms with Crippen molar-refractivity contribution in [1.29, 1.82) is 0 Å². The maximum absolute atomic E-state index is 11.1. The molecular formula is C15H19NO2.